The Balaban J connectivity index is 1.39. The summed E-state index contributed by atoms with van der Waals surface area (Å²) in [6.45, 7) is 1.41. The average Bonchev–Trinajstić information content (AvgIpc) is 3.33. The number of nitrogens with one attached hydrogen (secondary N) is 1. The summed E-state index contributed by atoms with van der Waals surface area (Å²) in [4.78, 5) is 14.6. The van der Waals surface area contributed by atoms with Crippen LogP contribution in [0.4, 0.5) is 4.39 Å². The normalized spacial score (nSPS) is 24.2. The van der Waals surface area contributed by atoms with Crippen LogP contribution < -0.4 is 5.73 Å². The topological polar surface area (TPSA) is 75.0 Å². The van der Waals surface area contributed by atoms with Gasteiger partial charge in [0, 0.05) is 36.8 Å². The molecule has 0 radical (unpaired) electrons. The fraction of sp³-hybridized carbons (Fsp3) is 0.500. The molecule has 138 valence electrons. The molecule has 0 spiro atoms. The van der Waals surface area contributed by atoms with Gasteiger partial charge in [0.1, 0.15) is 5.82 Å². The summed E-state index contributed by atoms with van der Waals surface area (Å²) in [5.41, 5.74) is 8.40. The molecule has 2 aliphatic rings. The third kappa shape index (κ3) is 3.38. The van der Waals surface area contributed by atoms with Crippen LogP contribution in [0, 0.1) is 11.7 Å². The Labute approximate surface area is 152 Å². The Morgan fingerprint density at radius 2 is 2.00 bits per heavy atom. The van der Waals surface area contributed by atoms with Gasteiger partial charge in [0.25, 0.3) is 0 Å². The molecule has 1 saturated carbocycles. The van der Waals surface area contributed by atoms with E-state index in [1.54, 1.807) is 18.5 Å². The van der Waals surface area contributed by atoms with Crippen molar-refractivity contribution in [3.63, 3.8) is 0 Å². The first-order chi connectivity index (χ1) is 12.6. The molecule has 26 heavy (non-hydrogen) atoms. The lowest BCUT2D eigenvalue weighted by molar-refractivity contribution is -0.136. The third-order valence-corrected chi connectivity index (χ3v) is 5.90. The minimum atomic E-state index is -0.171. The number of amides is 1. The number of rotatable bonds is 3. The second-order valence-electron chi connectivity index (χ2n) is 7.59. The van der Waals surface area contributed by atoms with Gasteiger partial charge in [0.2, 0.25) is 5.91 Å². The van der Waals surface area contributed by atoms with Crippen molar-refractivity contribution in [3.8, 4) is 11.1 Å². The zero-order chi connectivity index (χ0) is 18.1. The highest BCUT2D eigenvalue weighted by molar-refractivity contribution is 5.79. The fourth-order valence-electron chi connectivity index (χ4n) is 4.36. The first-order valence-electron chi connectivity index (χ1n) is 9.45. The number of H-pyrrole nitrogens is 1. The van der Waals surface area contributed by atoms with Gasteiger partial charge in [-0.15, -0.1) is 0 Å². The molecule has 4 rings (SSSR count). The molecule has 2 fully saturated rings. The average molecular weight is 356 g/mol. The zero-order valence-electron chi connectivity index (χ0n) is 14.8. The second kappa shape index (κ2) is 7.19. The van der Waals surface area contributed by atoms with Crippen molar-refractivity contribution in [2.45, 2.75) is 44.1 Å². The highest BCUT2D eigenvalue weighted by atomic mass is 19.1. The van der Waals surface area contributed by atoms with Crippen LogP contribution in [0.2, 0.25) is 0 Å². The van der Waals surface area contributed by atoms with E-state index in [2.05, 4.69) is 10.2 Å². The molecule has 1 aliphatic heterocycles. The van der Waals surface area contributed by atoms with Crippen LogP contribution in [-0.2, 0) is 4.79 Å². The third-order valence-electron chi connectivity index (χ3n) is 5.90. The lowest BCUT2D eigenvalue weighted by Gasteiger charge is -2.34. The van der Waals surface area contributed by atoms with Gasteiger partial charge in [-0.05, 0) is 55.2 Å². The van der Waals surface area contributed by atoms with E-state index >= 15 is 0 Å². The maximum atomic E-state index is 14.6. The molecular weight excluding hydrogens is 331 g/mol. The molecule has 1 amide bonds. The lowest BCUT2D eigenvalue weighted by Crippen LogP contribution is -2.41. The van der Waals surface area contributed by atoms with Crippen LogP contribution >= 0.6 is 0 Å². The van der Waals surface area contributed by atoms with Gasteiger partial charge in [-0.2, -0.15) is 5.10 Å². The zero-order valence-corrected chi connectivity index (χ0v) is 14.8. The number of aromatic nitrogens is 2. The maximum absolute atomic E-state index is 14.6. The monoisotopic (exact) mass is 356 g/mol. The van der Waals surface area contributed by atoms with Gasteiger partial charge in [0.15, 0.2) is 0 Å². The highest BCUT2D eigenvalue weighted by Gasteiger charge is 2.33. The van der Waals surface area contributed by atoms with Gasteiger partial charge >= 0.3 is 0 Å². The summed E-state index contributed by atoms with van der Waals surface area (Å²) < 4.78 is 14.6. The van der Waals surface area contributed by atoms with Crippen molar-refractivity contribution in [1.29, 1.82) is 0 Å². The first-order valence-corrected chi connectivity index (χ1v) is 9.45. The summed E-state index contributed by atoms with van der Waals surface area (Å²) >= 11 is 0. The molecule has 1 saturated heterocycles. The molecule has 1 aromatic heterocycles. The van der Waals surface area contributed by atoms with E-state index in [0.717, 1.165) is 48.8 Å². The molecule has 0 unspecified atom stereocenters. The van der Waals surface area contributed by atoms with Crippen LogP contribution in [0.1, 0.15) is 43.6 Å². The van der Waals surface area contributed by atoms with E-state index < -0.39 is 0 Å². The van der Waals surface area contributed by atoms with Crippen LogP contribution in [0.15, 0.2) is 30.6 Å². The molecule has 6 heteroatoms. The highest BCUT2D eigenvalue weighted by Crippen LogP contribution is 2.34. The van der Waals surface area contributed by atoms with Gasteiger partial charge in [-0.1, -0.05) is 12.1 Å². The summed E-state index contributed by atoms with van der Waals surface area (Å²) in [6, 6.07) is 5.58. The summed E-state index contributed by atoms with van der Waals surface area (Å²) in [5, 5.41) is 6.66. The van der Waals surface area contributed by atoms with Gasteiger partial charge in [-0.25, -0.2) is 4.39 Å². The van der Waals surface area contributed by atoms with E-state index in [1.165, 1.54) is 0 Å². The molecule has 1 aliphatic carbocycles. The molecule has 2 atom stereocenters. The van der Waals surface area contributed by atoms with E-state index in [0.29, 0.717) is 13.1 Å². The van der Waals surface area contributed by atoms with Crippen LogP contribution in [0.25, 0.3) is 11.1 Å². The number of benzene rings is 1. The number of halogens is 1. The number of likely N-dealkylation sites (tertiary alicyclic amines) is 1. The predicted molar refractivity (Wildman–Crippen MR) is 97.9 cm³/mol. The molecule has 0 bridgehead atoms. The quantitative estimate of drug-likeness (QED) is 0.887. The first kappa shape index (κ1) is 17.2. The number of carbonyl (C=O) groups is 1. The molecule has 2 aromatic rings. The van der Waals surface area contributed by atoms with Crippen molar-refractivity contribution in [2.24, 2.45) is 11.7 Å². The standard InChI is InChI=1S/C20H25FN4O/c21-19-10-14(16-11-23-24-12-16)2-4-18(19)13-5-7-25(8-6-13)20(26)15-1-3-17(22)9-15/h2,4,10-13,15,17H,1,3,5-9,22H2,(H,23,24)/t15-,17+/m1/s1. The van der Waals surface area contributed by atoms with E-state index in [1.807, 2.05) is 17.0 Å². The second-order valence-corrected chi connectivity index (χ2v) is 7.59. The molecule has 2 heterocycles. The predicted octanol–water partition coefficient (Wildman–Crippen LogP) is 3.05. The van der Waals surface area contributed by atoms with E-state index in [4.69, 9.17) is 5.73 Å². The van der Waals surface area contributed by atoms with Crippen molar-refractivity contribution < 1.29 is 9.18 Å². The largest absolute Gasteiger partial charge is 0.342 e. The number of carbonyl (C=O) groups excluding carboxylic acids is 1. The van der Waals surface area contributed by atoms with E-state index in [-0.39, 0.29) is 29.6 Å². The maximum Gasteiger partial charge on any atom is 0.225 e. The van der Waals surface area contributed by atoms with Crippen LogP contribution in [0.5, 0.6) is 0 Å². The van der Waals surface area contributed by atoms with Gasteiger partial charge in [-0.3, -0.25) is 9.89 Å². The number of hydrogen-bond donors (Lipinski definition) is 2. The van der Waals surface area contributed by atoms with Gasteiger partial charge < -0.3 is 10.6 Å². The molecule has 1 aromatic carbocycles. The fourth-order valence-corrected chi connectivity index (χ4v) is 4.36. The van der Waals surface area contributed by atoms with E-state index in [9.17, 15) is 9.18 Å². The Morgan fingerprint density at radius 3 is 2.62 bits per heavy atom. The Morgan fingerprint density at radius 1 is 1.19 bits per heavy atom. The SMILES string of the molecule is N[C@H]1CC[C@@H](C(=O)N2CCC(c3ccc(-c4cn[nH]c4)cc3F)CC2)C1. The number of nitrogens with two attached hydrogens (primary N) is 1. The van der Waals surface area contributed by atoms with Crippen LogP contribution in [-0.4, -0.2) is 40.1 Å². The molecule has 3 N–H and O–H groups in total. The lowest BCUT2D eigenvalue weighted by atomic mass is 9.87. The van der Waals surface area contributed by atoms with Gasteiger partial charge in [0.05, 0.1) is 6.20 Å². The number of piperidine rings is 1. The minimum absolute atomic E-state index is 0.0903. The smallest absolute Gasteiger partial charge is 0.225 e. The number of aromatic amines is 1. The Bertz CT molecular complexity index is 768. The molecule has 5 nitrogen and oxygen atoms in total. The van der Waals surface area contributed by atoms with Crippen molar-refractivity contribution >= 4 is 5.91 Å². The summed E-state index contributed by atoms with van der Waals surface area (Å²) in [6.07, 6.45) is 7.73. The van der Waals surface area contributed by atoms with Crippen molar-refractivity contribution in [1.82, 2.24) is 15.1 Å². The minimum Gasteiger partial charge on any atom is -0.342 e. The van der Waals surface area contributed by atoms with Crippen molar-refractivity contribution in [3.05, 3.63) is 42.0 Å². The Hall–Kier alpha value is -2.21. The summed E-state index contributed by atoms with van der Waals surface area (Å²) in [5.74, 6) is 0.332. The number of nitrogens with zero attached hydrogens (tertiary/aromatic N) is 2. The van der Waals surface area contributed by atoms with Crippen molar-refractivity contribution in [2.75, 3.05) is 13.1 Å². The summed E-state index contributed by atoms with van der Waals surface area (Å²) in [7, 11) is 0. The Kier molecular flexibility index (Phi) is 4.76. The van der Waals surface area contributed by atoms with Crippen LogP contribution in [0.3, 0.4) is 0 Å². The number of hydrogen-bond acceptors (Lipinski definition) is 3. The molecular formula is C20H25FN4O.